The van der Waals surface area contributed by atoms with Gasteiger partial charge in [0.15, 0.2) is 0 Å². The van der Waals surface area contributed by atoms with E-state index in [1.807, 2.05) is 0 Å². The molecule has 0 aliphatic carbocycles. The lowest BCUT2D eigenvalue weighted by molar-refractivity contribution is 0.579. The molecule has 2 aromatic rings. The molecule has 0 spiro atoms. The Morgan fingerprint density at radius 1 is 0.900 bits per heavy atom. The minimum absolute atomic E-state index is 0.544. The number of rotatable bonds is 8. The fraction of sp³-hybridized carbons (Fsp3) is 0.474. The Labute approximate surface area is 123 Å². The molecule has 1 atom stereocenters. The van der Waals surface area contributed by atoms with E-state index < -0.39 is 0 Å². The zero-order valence-electron chi connectivity index (χ0n) is 12.9. The summed E-state index contributed by atoms with van der Waals surface area (Å²) < 4.78 is 0. The monoisotopic (exact) mass is 269 g/mol. The van der Waals surface area contributed by atoms with Gasteiger partial charge in [0.1, 0.15) is 0 Å². The van der Waals surface area contributed by atoms with Crippen molar-refractivity contribution in [3.05, 3.63) is 42.5 Å². The van der Waals surface area contributed by atoms with Crippen LogP contribution in [0.4, 0.5) is 5.69 Å². The average molecular weight is 269 g/mol. The molecule has 2 rings (SSSR count). The van der Waals surface area contributed by atoms with Gasteiger partial charge in [-0.25, -0.2) is 0 Å². The number of nitrogens with one attached hydrogen (secondary N) is 1. The maximum Gasteiger partial charge on any atom is 0.0421 e. The van der Waals surface area contributed by atoms with Gasteiger partial charge in [-0.15, -0.1) is 0 Å². The summed E-state index contributed by atoms with van der Waals surface area (Å²) in [6.45, 7) is 4.56. The van der Waals surface area contributed by atoms with Crippen LogP contribution in [-0.4, -0.2) is 6.04 Å². The Bertz CT molecular complexity index is 513. The van der Waals surface area contributed by atoms with Crippen LogP contribution in [0.3, 0.4) is 0 Å². The van der Waals surface area contributed by atoms with Crippen LogP contribution in [0, 0.1) is 0 Å². The van der Waals surface area contributed by atoms with Crippen molar-refractivity contribution in [1.82, 2.24) is 0 Å². The van der Waals surface area contributed by atoms with Gasteiger partial charge < -0.3 is 5.32 Å². The van der Waals surface area contributed by atoms with Crippen molar-refractivity contribution in [1.29, 1.82) is 0 Å². The smallest absolute Gasteiger partial charge is 0.0421 e. The third kappa shape index (κ3) is 4.26. The summed E-state index contributed by atoms with van der Waals surface area (Å²) in [7, 11) is 0. The van der Waals surface area contributed by atoms with Gasteiger partial charge in [-0.3, -0.25) is 0 Å². The van der Waals surface area contributed by atoms with Crippen LogP contribution in [0.1, 0.15) is 52.4 Å². The third-order valence-electron chi connectivity index (χ3n) is 3.93. The molecule has 0 heterocycles. The Kier molecular flexibility index (Phi) is 5.91. The van der Waals surface area contributed by atoms with Crippen LogP contribution in [-0.2, 0) is 0 Å². The summed E-state index contributed by atoms with van der Waals surface area (Å²) in [6.07, 6.45) is 8.05. The molecule has 1 nitrogen and oxygen atoms in total. The minimum Gasteiger partial charge on any atom is -0.382 e. The zero-order valence-corrected chi connectivity index (χ0v) is 12.9. The Hall–Kier alpha value is -1.50. The molecule has 0 fully saturated rings. The fourth-order valence-corrected chi connectivity index (χ4v) is 2.74. The number of hydrogen-bond donors (Lipinski definition) is 1. The number of fused-ring (bicyclic) bond motifs is 1. The first-order valence-electron chi connectivity index (χ1n) is 8.05. The lowest BCUT2D eigenvalue weighted by Gasteiger charge is -2.17. The van der Waals surface area contributed by atoms with Crippen molar-refractivity contribution in [3.63, 3.8) is 0 Å². The maximum atomic E-state index is 3.68. The van der Waals surface area contributed by atoms with E-state index in [0.29, 0.717) is 6.04 Å². The van der Waals surface area contributed by atoms with Crippen molar-refractivity contribution < 1.29 is 0 Å². The second-order valence-electron chi connectivity index (χ2n) is 5.77. The summed E-state index contributed by atoms with van der Waals surface area (Å²) >= 11 is 0. The molecular formula is C19H27N. The second kappa shape index (κ2) is 7.94. The molecule has 0 bridgehead atoms. The summed E-state index contributed by atoms with van der Waals surface area (Å²) in [5.74, 6) is 0. The van der Waals surface area contributed by atoms with Gasteiger partial charge in [0, 0.05) is 17.1 Å². The van der Waals surface area contributed by atoms with Crippen molar-refractivity contribution >= 4 is 16.5 Å². The highest BCUT2D eigenvalue weighted by molar-refractivity contribution is 5.93. The van der Waals surface area contributed by atoms with Gasteiger partial charge >= 0.3 is 0 Å². The van der Waals surface area contributed by atoms with Crippen molar-refractivity contribution in [3.8, 4) is 0 Å². The number of unbranched alkanes of at least 4 members (excludes halogenated alkanes) is 4. The lowest BCUT2D eigenvalue weighted by atomic mass is 10.1. The largest absolute Gasteiger partial charge is 0.382 e. The Morgan fingerprint density at radius 2 is 1.65 bits per heavy atom. The van der Waals surface area contributed by atoms with E-state index >= 15 is 0 Å². The predicted molar refractivity (Wildman–Crippen MR) is 90.4 cm³/mol. The summed E-state index contributed by atoms with van der Waals surface area (Å²) in [4.78, 5) is 0. The van der Waals surface area contributed by atoms with Crippen molar-refractivity contribution in [2.75, 3.05) is 5.32 Å². The highest BCUT2D eigenvalue weighted by Gasteiger charge is 2.04. The molecule has 1 N–H and O–H groups in total. The van der Waals surface area contributed by atoms with Crippen LogP contribution in [0.5, 0.6) is 0 Å². The molecule has 0 aliphatic rings. The zero-order chi connectivity index (χ0) is 14.2. The number of anilines is 1. The molecule has 1 unspecified atom stereocenters. The van der Waals surface area contributed by atoms with Crippen LogP contribution in [0.15, 0.2) is 42.5 Å². The van der Waals surface area contributed by atoms with E-state index in [-0.39, 0.29) is 0 Å². The average Bonchev–Trinajstić information content (AvgIpc) is 2.47. The normalized spacial score (nSPS) is 12.5. The van der Waals surface area contributed by atoms with Gasteiger partial charge in [0.05, 0.1) is 0 Å². The standard InChI is InChI=1S/C19H27N/c1-3-4-5-6-7-11-16(2)20-19-15-10-13-17-12-8-9-14-18(17)19/h8-10,12-16,20H,3-7,11H2,1-2H3. The molecule has 0 aliphatic heterocycles. The highest BCUT2D eigenvalue weighted by atomic mass is 14.9. The molecule has 0 amide bonds. The molecule has 1 heteroatoms. The lowest BCUT2D eigenvalue weighted by Crippen LogP contribution is -2.15. The second-order valence-corrected chi connectivity index (χ2v) is 5.77. The molecule has 108 valence electrons. The molecule has 0 radical (unpaired) electrons. The summed E-state index contributed by atoms with van der Waals surface area (Å²) in [5, 5.41) is 6.32. The quantitative estimate of drug-likeness (QED) is 0.579. The van der Waals surface area contributed by atoms with E-state index in [4.69, 9.17) is 0 Å². The van der Waals surface area contributed by atoms with Crippen molar-refractivity contribution in [2.24, 2.45) is 0 Å². The fourth-order valence-electron chi connectivity index (χ4n) is 2.74. The van der Waals surface area contributed by atoms with Crippen LogP contribution in [0.25, 0.3) is 10.8 Å². The summed E-state index contributed by atoms with van der Waals surface area (Å²) in [6, 6.07) is 15.6. The van der Waals surface area contributed by atoms with Crippen LogP contribution < -0.4 is 5.32 Å². The van der Waals surface area contributed by atoms with E-state index in [9.17, 15) is 0 Å². The molecule has 0 saturated heterocycles. The first-order chi connectivity index (χ1) is 9.81. The first kappa shape index (κ1) is 14.9. The molecule has 0 saturated carbocycles. The van der Waals surface area contributed by atoms with E-state index in [0.717, 1.165) is 0 Å². The van der Waals surface area contributed by atoms with Gasteiger partial charge in [-0.05, 0) is 24.8 Å². The Balaban J connectivity index is 1.88. The number of benzene rings is 2. The van der Waals surface area contributed by atoms with E-state index in [2.05, 4.69) is 61.6 Å². The topological polar surface area (TPSA) is 12.0 Å². The highest BCUT2D eigenvalue weighted by Crippen LogP contribution is 2.24. The van der Waals surface area contributed by atoms with Crippen LogP contribution >= 0.6 is 0 Å². The van der Waals surface area contributed by atoms with E-state index in [1.54, 1.807) is 0 Å². The predicted octanol–water partition coefficient (Wildman–Crippen LogP) is 6.00. The third-order valence-corrected chi connectivity index (χ3v) is 3.93. The SMILES string of the molecule is CCCCCCCC(C)Nc1cccc2ccccc12. The van der Waals surface area contributed by atoms with Gasteiger partial charge in [-0.2, -0.15) is 0 Å². The van der Waals surface area contributed by atoms with Gasteiger partial charge in [0.25, 0.3) is 0 Å². The first-order valence-corrected chi connectivity index (χ1v) is 8.05. The minimum atomic E-state index is 0.544. The molecular weight excluding hydrogens is 242 g/mol. The molecule has 0 aromatic heterocycles. The molecule has 2 aromatic carbocycles. The van der Waals surface area contributed by atoms with Gasteiger partial charge in [-0.1, -0.05) is 75.4 Å². The summed E-state index contributed by atoms with van der Waals surface area (Å²) in [5.41, 5.74) is 1.27. The Morgan fingerprint density at radius 3 is 2.50 bits per heavy atom. The molecule has 20 heavy (non-hydrogen) atoms. The van der Waals surface area contributed by atoms with Crippen LogP contribution in [0.2, 0.25) is 0 Å². The van der Waals surface area contributed by atoms with Crippen molar-refractivity contribution in [2.45, 2.75) is 58.4 Å². The van der Waals surface area contributed by atoms with E-state index in [1.165, 1.54) is 55.0 Å². The maximum absolute atomic E-state index is 3.68. The number of hydrogen-bond acceptors (Lipinski definition) is 1. The van der Waals surface area contributed by atoms with Gasteiger partial charge in [0.2, 0.25) is 0 Å².